The SMILES string of the molecule is CC1=CC[C@H](C(=O)O)C1. The zero-order valence-electron chi connectivity index (χ0n) is 5.42. The molecule has 0 fully saturated rings. The van der Waals surface area contributed by atoms with Crippen LogP contribution < -0.4 is 0 Å². The van der Waals surface area contributed by atoms with E-state index < -0.39 is 5.97 Å². The van der Waals surface area contributed by atoms with E-state index in [1.165, 1.54) is 5.57 Å². The van der Waals surface area contributed by atoms with Crippen molar-refractivity contribution in [2.75, 3.05) is 0 Å². The zero-order chi connectivity index (χ0) is 6.85. The fourth-order valence-corrected chi connectivity index (χ4v) is 1.09. The highest BCUT2D eigenvalue weighted by atomic mass is 16.4. The predicted octanol–water partition coefficient (Wildman–Crippen LogP) is 1.43. The fourth-order valence-electron chi connectivity index (χ4n) is 1.09. The molecule has 1 aliphatic rings. The van der Waals surface area contributed by atoms with E-state index in [4.69, 9.17) is 5.11 Å². The monoisotopic (exact) mass is 126 g/mol. The zero-order valence-corrected chi connectivity index (χ0v) is 5.42. The maximum absolute atomic E-state index is 10.3. The molecule has 9 heavy (non-hydrogen) atoms. The molecule has 0 aromatic heterocycles. The number of hydrogen-bond donors (Lipinski definition) is 1. The van der Waals surface area contributed by atoms with Crippen molar-refractivity contribution in [3.8, 4) is 0 Å². The van der Waals surface area contributed by atoms with Crippen LogP contribution in [0.25, 0.3) is 0 Å². The second-order valence-corrected chi connectivity index (χ2v) is 2.53. The van der Waals surface area contributed by atoms with Gasteiger partial charge < -0.3 is 5.11 Å². The number of rotatable bonds is 1. The van der Waals surface area contributed by atoms with E-state index >= 15 is 0 Å². The van der Waals surface area contributed by atoms with Crippen LogP contribution in [0.3, 0.4) is 0 Å². The van der Waals surface area contributed by atoms with Gasteiger partial charge in [0.2, 0.25) is 0 Å². The fraction of sp³-hybridized carbons (Fsp3) is 0.571. The minimum atomic E-state index is -0.664. The summed E-state index contributed by atoms with van der Waals surface area (Å²) in [6.07, 6.45) is 3.47. The van der Waals surface area contributed by atoms with Crippen LogP contribution in [0, 0.1) is 5.92 Å². The van der Waals surface area contributed by atoms with Gasteiger partial charge in [-0.2, -0.15) is 0 Å². The van der Waals surface area contributed by atoms with E-state index in [1.54, 1.807) is 0 Å². The van der Waals surface area contributed by atoms with Crippen molar-refractivity contribution in [1.29, 1.82) is 0 Å². The van der Waals surface area contributed by atoms with E-state index in [0.29, 0.717) is 0 Å². The lowest BCUT2D eigenvalue weighted by atomic mass is 10.1. The van der Waals surface area contributed by atoms with Crippen LogP contribution in [0.4, 0.5) is 0 Å². The van der Waals surface area contributed by atoms with Gasteiger partial charge in [0.1, 0.15) is 0 Å². The van der Waals surface area contributed by atoms with Crippen LogP contribution in [0.2, 0.25) is 0 Å². The molecular weight excluding hydrogens is 116 g/mol. The number of carboxylic acid groups (broad SMARTS) is 1. The highest BCUT2D eigenvalue weighted by Crippen LogP contribution is 2.23. The lowest BCUT2D eigenvalue weighted by Gasteiger charge is -1.99. The lowest BCUT2D eigenvalue weighted by molar-refractivity contribution is -0.141. The summed E-state index contributed by atoms with van der Waals surface area (Å²) in [4.78, 5) is 10.3. The molecule has 0 saturated carbocycles. The number of carboxylic acids is 1. The van der Waals surface area contributed by atoms with Gasteiger partial charge in [-0.1, -0.05) is 11.6 Å². The van der Waals surface area contributed by atoms with Crippen molar-refractivity contribution in [3.63, 3.8) is 0 Å². The first-order chi connectivity index (χ1) is 4.20. The molecule has 2 heteroatoms. The Balaban J connectivity index is 2.47. The average Bonchev–Trinajstić information content (AvgIpc) is 2.14. The first-order valence-corrected chi connectivity index (χ1v) is 3.08. The quantitative estimate of drug-likeness (QED) is 0.539. The summed E-state index contributed by atoms with van der Waals surface area (Å²) in [5.41, 5.74) is 1.21. The van der Waals surface area contributed by atoms with Crippen LogP contribution in [0.5, 0.6) is 0 Å². The summed E-state index contributed by atoms with van der Waals surface area (Å²) in [5, 5.41) is 8.50. The van der Waals surface area contributed by atoms with Crippen LogP contribution in [0.15, 0.2) is 11.6 Å². The van der Waals surface area contributed by atoms with Crippen LogP contribution in [0.1, 0.15) is 19.8 Å². The molecule has 0 heterocycles. The molecule has 1 atom stereocenters. The third-order valence-electron chi connectivity index (χ3n) is 1.67. The van der Waals surface area contributed by atoms with Gasteiger partial charge in [-0.3, -0.25) is 4.79 Å². The third kappa shape index (κ3) is 1.31. The Morgan fingerprint density at radius 3 is 2.78 bits per heavy atom. The summed E-state index contributed by atoms with van der Waals surface area (Å²) in [6.45, 7) is 1.98. The van der Waals surface area contributed by atoms with Gasteiger partial charge in [0, 0.05) is 0 Å². The van der Waals surface area contributed by atoms with Crippen LogP contribution in [-0.4, -0.2) is 11.1 Å². The molecular formula is C7H10O2. The van der Waals surface area contributed by atoms with E-state index in [0.717, 1.165) is 12.8 Å². The van der Waals surface area contributed by atoms with Crippen molar-refractivity contribution < 1.29 is 9.90 Å². The minimum Gasteiger partial charge on any atom is -0.481 e. The number of hydrogen-bond acceptors (Lipinski definition) is 1. The first-order valence-electron chi connectivity index (χ1n) is 3.08. The topological polar surface area (TPSA) is 37.3 Å². The lowest BCUT2D eigenvalue weighted by Crippen LogP contribution is -2.08. The van der Waals surface area contributed by atoms with Crippen LogP contribution in [-0.2, 0) is 4.79 Å². The maximum atomic E-state index is 10.3. The largest absolute Gasteiger partial charge is 0.481 e. The van der Waals surface area contributed by atoms with E-state index in [1.807, 2.05) is 13.0 Å². The van der Waals surface area contributed by atoms with Crippen molar-refractivity contribution in [2.24, 2.45) is 5.92 Å². The number of carbonyl (C=O) groups is 1. The Hall–Kier alpha value is -0.790. The van der Waals surface area contributed by atoms with Gasteiger partial charge in [0.25, 0.3) is 0 Å². The van der Waals surface area contributed by atoms with E-state index in [-0.39, 0.29) is 5.92 Å². The second-order valence-electron chi connectivity index (χ2n) is 2.53. The Morgan fingerprint density at radius 1 is 1.89 bits per heavy atom. The maximum Gasteiger partial charge on any atom is 0.307 e. The molecule has 2 nitrogen and oxygen atoms in total. The van der Waals surface area contributed by atoms with Gasteiger partial charge in [-0.15, -0.1) is 0 Å². The summed E-state index contributed by atoms with van der Waals surface area (Å²) in [6, 6.07) is 0. The molecule has 1 rings (SSSR count). The van der Waals surface area contributed by atoms with Crippen molar-refractivity contribution in [3.05, 3.63) is 11.6 Å². The van der Waals surface area contributed by atoms with Gasteiger partial charge >= 0.3 is 5.97 Å². The normalized spacial score (nSPS) is 25.9. The molecule has 0 unspecified atom stereocenters. The van der Waals surface area contributed by atoms with Gasteiger partial charge in [-0.05, 0) is 19.8 Å². The average molecular weight is 126 g/mol. The molecule has 0 aromatic carbocycles. The highest BCUT2D eigenvalue weighted by Gasteiger charge is 2.20. The first kappa shape index (κ1) is 6.33. The molecule has 0 aromatic rings. The van der Waals surface area contributed by atoms with E-state index in [9.17, 15) is 4.79 Å². The van der Waals surface area contributed by atoms with Crippen LogP contribution >= 0.6 is 0 Å². The Kier molecular flexibility index (Phi) is 1.56. The molecule has 0 amide bonds. The number of allylic oxidation sites excluding steroid dienone is 2. The second kappa shape index (κ2) is 2.21. The molecule has 0 saturated heterocycles. The summed E-state index contributed by atoms with van der Waals surface area (Å²) >= 11 is 0. The molecule has 1 N–H and O–H groups in total. The van der Waals surface area contributed by atoms with Gasteiger partial charge in [-0.25, -0.2) is 0 Å². The predicted molar refractivity (Wildman–Crippen MR) is 34.1 cm³/mol. The summed E-state index contributed by atoms with van der Waals surface area (Å²) < 4.78 is 0. The van der Waals surface area contributed by atoms with Crippen molar-refractivity contribution in [2.45, 2.75) is 19.8 Å². The van der Waals surface area contributed by atoms with E-state index in [2.05, 4.69) is 0 Å². The highest BCUT2D eigenvalue weighted by molar-refractivity contribution is 5.71. The minimum absolute atomic E-state index is 0.134. The molecule has 0 bridgehead atoms. The van der Waals surface area contributed by atoms with Gasteiger partial charge in [0.05, 0.1) is 5.92 Å². The third-order valence-corrected chi connectivity index (χ3v) is 1.67. The van der Waals surface area contributed by atoms with Crippen molar-refractivity contribution in [1.82, 2.24) is 0 Å². The van der Waals surface area contributed by atoms with Crippen molar-refractivity contribution >= 4 is 5.97 Å². The number of aliphatic carboxylic acids is 1. The molecule has 50 valence electrons. The Bertz CT molecular complexity index is 158. The molecule has 0 aliphatic heterocycles. The van der Waals surface area contributed by atoms with Gasteiger partial charge in [0.15, 0.2) is 0 Å². The molecule has 1 aliphatic carbocycles. The Morgan fingerprint density at radius 2 is 2.56 bits per heavy atom. The standard InChI is InChI=1S/C7H10O2/c1-5-2-3-6(4-5)7(8)9/h2,6H,3-4H2,1H3,(H,8,9)/t6-/m0/s1. The summed E-state index contributed by atoms with van der Waals surface area (Å²) in [5.74, 6) is -0.798. The smallest absolute Gasteiger partial charge is 0.307 e. The molecule has 0 spiro atoms. The summed E-state index contributed by atoms with van der Waals surface area (Å²) in [7, 11) is 0. The molecule has 0 radical (unpaired) electrons. The Labute approximate surface area is 54.2 Å².